The van der Waals surface area contributed by atoms with Crippen molar-refractivity contribution in [2.45, 2.75) is 65.9 Å². The molecule has 0 fully saturated rings. The fourth-order valence-corrected chi connectivity index (χ4v) is 2.51. The first kappa shape index (κ1) is 20.3. The molecule has 0 amide bonds. The third kappa shape index (κ3) is 8.19. The molecule has 0 saturated carbocycles. The van der Waals surface area contributed by atoms with Crippen molar-refractivity contribution in [1.82, 2.24) is 0 Å². The Morgan fingerprint density at radius 2 is 1.96 bits per heavy atom. The highest BCUT2D eigenvalue weighted by atomic mass is 16.5. The summed E-state index contributed by atoms with van der Waals surface area (Å²) in [6.45, 7) is 9.02. The molecule has 0 bridgehead atoms. The van der Waals surface area contributed by atoms with Crippen molar-refractivity contribution in [1.29, 1.82) is 0 Å². The number of hydrogen-bond donors (Lipinski definition) is 0. The van der Waals surface area contributed by atoms with Gasteiger partial charge in [-0.25, -0.2) is 4.79 Å². The molecule has 0 radical (unpaired) electrons. The van der Waals surface area contributed by atoms with Crippen LogP contribution in [0.15, 0.2) is 30.3 Å². The minimum absolute atomic E-state index is 0.184. The van der Waals surface area contributed by atoms with Gasteiger partial charge in [0.2, 0.25) is 0 Å². The number of benzene rings is 1. The number of hydrogen-bond acceptors (Lipinski definition) is 3. The van der Waals surface area contributed by atoms with E-state index in [1.807, 2.05) is 31.2 Å². The van der Waals surface area contributed by atoms with E-state index in [-0.39, 0.29) is 12.1 Å². The highest BCUT2D eigenvalue weighted by Gasteiger charge is 2.06. The van der Waals surface area contributed by atoms with Gasteiger partial charge in [0.25, 0.3) is 0 Å². The lowest BCUT2D eigenvalue weighted by atomic mass is 9.98. The van der Waals surface area contributed by atoms with Gasteiger partial charge in [0.05, 0.1) is 12.7 Å². The molecule has 0 N–H and O–H groups in total. The molecule has 24 heavy (non-hydrogen) atoms. The summed E-state index contributed by atoms with van der Waals surface area (Å²) in [6, 6.07) is 7.74. The molecule has 1 rings (SSSR count). The Hall–Kier alpha value is -1.77. The van der Waals surface area contributed by atoms with Crippen molar-refractivity contribution in [2.24, 2.45) is 5.92 Å². The first-order valence-electron chi connectivity index (χ1n) is 9.20. The number of esters is 1. The predicted molar refractivity (Wildman–Crippen MR) is 100 cm³/mol. The van der Waals surface area contributed by atoms with Crippen LogP contribution in [0.4, 0.5) is 0 Å². The molecule has 0 heterocycles. The zero-order valence-electron chi connectivity index (χ0n) is 15.6. The van der Waals surface area contributed by atoms with E-state index in [0.717, 1.165) is 30.6 Å². The summed E-state index contributed by atoms with van der Waals surface area (Å²) < 4.78 is 11.1. The maximum atomic E-state index is 11.8. The third-order valence-electron chi connectivity index (χ3n) is 4.23. The Labute approximate surface area is 147 Å². The molecule has 1 aromatic rings. The monoisotopic (exact) mass is 332 g/mol. The molecular formula is C21H32O3. The lowest BCUT2D eigenvalue weighted by Gasteiger charge is -2.13. The van der Waals surface area contributed by atoms with Gasteiger partial charge in [-0.2, -0.15) is 0 Å². The van der Waals surface area contributed by atoms with Crippen LogP contribution in [0, 0.1) is 5.92 Å². The molecule has 0 saturated heterocycles. The van der Waals surface area contributed by atoms with E-state index in [1.165, 1.54) is 18.9 Å². The van der Waals surface area contributed by atoms with Gasteiger partial charge in [-0.15, -0.1) is 0 Å². The Balaban J connectivity index is 2.44. The Morgan fingerprint density at radius 1 is 1.17 bits per heavy atom. The van der Waals surface area contributed by atoms with Gasteiger partial charge < -0.3 is 9.47 Å². The van der Waals surface area contributed by atoms with Crippen LogP contribution in [-0.4, -0.2) is 18.7 Å². The summed E-state index contributed by atoms with van der Waals surface area (Å²) >= 11 is 0. The van der Waals surface area contributed by atoms with Crippen LogP contribution >= 0.6 is 0 Å². The normalized spacial score (nSPS) is 13.7. The van der Waals surface area contributed by atoms with Crippen LogP contribution in [0.5, 0.6) is 5.75 Å². The molecule has 0 aliphatic carbocycles. The zero-order valence-corrected chi connectivity index (χ0v) is 15.6. The van der Waals surface area contributed by atoms with Gasteiger partial charge in [-0.3, -0.25) is 0 Å². The lowest BCUT2D eigenvalue weighted by molar-refractivity contribution is -0.138. The highest BCUT2D eigenvalue weighted by molar-refractivity contribution is 5.87. The molecule has 2 atom stereocenters. The van der Waals surface area contributed by atoms with E-state index in [0.29, 0.717) is 12.5 Å². The Bertz CT molecular complexity index is 508. The topological polar surface area (TPSA) is 35.5 Å². The fourth-order valence-electron chi connectivity index (χ4n) is 2.51. The maximum Gasteiger partial charge on any atom is 0.330 e. The Morgan fingerprint density at radius 3 is 2.62 bits per heavy atom. The fraction of sp³-hybridized carbons (Fsp3) is 0.571. The minimum atomic E-state index is -0.283. The first-order chi connectivity index (χ1) is 11.6. The molecule has 1 aromatic carbocycles. The van der Waals surface area contributed by atoms with Crippen LogP contribution in [0.2, 0.25) is 0 Å². The standard InChI is InChI=1S/C21H32O3/c1-5-9-18(7-3)14-15-23-21(22)13-12-19-10-8-11-20(16-19)24-17(4)6-2/h8,10-13,16-18H,5-7,9,14-15H2,1-4H3/b13-12+. The van der Waals surface area contributed by atoms with E-state index in [2.05, 4.69) is 20.8 Å². The van der Waals surface area contributed by atoms with Crippen LogP contribution in [0.3, 0.4) is 0 Å². The van der Waals surface area contributed by atoms with Crippen molar-refractivity contribution in [2.75, 3.05) is 6.61 Å². The van der Waals surface area contributed by atoms with Crippen LogP contribution in [-0.2, 0) is 9.53 Å². The van der Waals surface area contributed by atoms with Gasteiger partial charge in [-0.05, 0) is 49.5 Å². The molecule has 0 aliphatic heterocycles. The van der Waals surface area contributed by atoms with Gasteiger partial charge in [0.1, 0.15) is 5.75 Å². The second-order valence-corrected chi connectivity index (χ2v) is 6.26. The van der Waals surface area contributed by atoms with Crippen molar-refractivity contribution in [3.63, 3.8) is 0 Å². The van der Waals surface area contributed by atoms with Crippen LogP contribution < -0.4 is 4.74 Å². The zero-order chi connectivity index (χ0) is 17.8. The number of rotatable bonds is 11. The van der Waals surface area contributed by atoms with E-state index in [9.17, 15) is 4.79 Å². The van der Waals surface area contributed by atoms with Gasteiger partial charge in [0, 0.05) is 6.08 Å². The molecule has 0 aliphatic rings. The summed E-state index contributed by atoms with van der Waals surface area (Å²) in [7, 11) is 0. The first-order valence-corrected chi connectivity index (χ1v) is 9.20. The maximum absolute atomic E-state index is 11.8. The molecule has 2 unspecified atom stereocenters. The number of carbonyl (C=O) groups is 1. The summed E-state index contributed by atoms with van der Waals surface area (Å²) in [5, 5.41) is 0. The van der Waals surface area contributed by atoms with Crippen molar-refractivity contribution in [3.8, 4) is 5.75 Å². The SMILES string of the molecule is CCCC(CC)CCOC(=O)/C=C/c1cccc(OC(C)CC)c1. The minimum Gasteiger partial charge on any atom is -0.491 e. The summed E-state index contributed by atoms with van der Waals surface area (Å²) in [5.41, 5.74) is 0.935. The molecular weight excluding hydrogens is 300 g/mol. The third-order valence-corrected chi connectivity index (χ3v) is 4.23. The summed E-state index contributed by atoms with van der Waals surface area (Å²) in [5.74, 6) is 1.20. The lowest BCUT2D eigenvalue weighted by Crippen LogP contribution is -2.09. The van der Waals surface area contributed by atoms with Gasteiger partial charge >= 0.3 is 5.97 Å². The number of ether oxygens (including phenoxy) is 2. The highest BCUT2D eigenvalue weighted by Crippen LogP contribution is 2.17. The predicted octanol–water partition coefficient (Wildman–Crippen LogP) is 5.64. The van der Waals surface area contributed by atoms with Crippen molar-refractivity contribution in [3.05, 3.63) is 35.9 Å². The van der Waals surface area contributed by atoms with Crippen LogP contribution in [0.25, 0.3) is 6.08 Å². The second kappa shape index (κ2) is 11.7. The summed E-state index contributed by atoms with van der Waals surface area (Å²) in [4.78, 5) is 11.8. The molecule has 3 heteroatoms. The molecule has 134 valence electrons. The summed E-state index contributed by atoms with van der Waals surface area (Å²) in [6.07, 6.45) is 8.88. The molecule has 0 spiro atoms. The average Bonchev–Trinajstić information content (AvgIpc) is 2.59. The largest absolute Gasteiger partial charge is 0.491 e. The second-order valence-electron chi connectivity index (χ2n) is 6.26. The van der Waals surface area contributed by atoms with E-state index >= 15 is 0 Å². The number of carbonyl (C=O) groups excluding carboxylic acids is 1. The molecule has 3 nitrogen and oxygen atoms in total. The molecule has 0 aromatic heterocycles. The van der Waals surface area contributed by atoms with Crippen LogP contribution in [0.1, 0.15) is 65.4 Å². The van der Waals surface area contributed by atoms with Crippen molar-refractivity contribution >= 4 is 12.0 Å². The van der Waals surface area contributed by atoms with E-state index in [4.69, 9.17) is 9.47 Å². The smallest absolute Gasteiger partial charge is 0.330 e. The Kier molecular flexibility index (Phi) is 9.90. The van der Waals surface area contributed by atoms with Gasteiger partial charge in [-0.1, -0.05) is 52.2 Å². The quantitative estimate of drug-likeness (QED) is 0.389. The average molecular weight is 332 g/mol. The van der Waals surface area contributed by atoms with E-state index < -0.39 is 0 Å². The van der Waals surface area contributed by atoms with Gasteiger partial charge in [0.15, 0.2) is 0 Å². The van der Waals surface area contributed by atoms with E-state index in [1.54, 1.807) is 6.08 Å². The van der Waals surface area contributed by atoms with Crippen molar-refractivity contribution < 1.29 is 14.3 Å².